The van der Waals surface area contributed by atoms with Crippen LogP contribution >= 0.6 is 0 Å². The summed E-state index contributed by atoms with van der Waals surface area (Å²) in [5.41, 5.74) is 19.8. The molecule has 0 saturated heterocycles. The summed E-state index contributed by atoms with van der Waals surface area (Å²) >= 11 is 0. The van der Waals surface area contributed by atoms with Gasteiger partial charge in [-0.25, -0.2) is 0 Å². The predicted octanol–water partition coefficient (Wildman–Crippen LogP) is 18.0. The number of hydrogen-bond acceptors (Lipinski definition) is 2. The van der Waals surface area contributed by atoms with Crippen LogP contribution in [-0.2, 0) is 49.1 Å². The molecule has 0 aliphatic rings. The van der Waals surface area contributed by atoms with Crippen LogP contribution in [0.3, 0.4) is 0 Å². The van der Waals surface area contributed by atoms with Crippen LogP contribution in [0, 0.1) is 47.1 Å². The summed E-state index contributed by atoms with van der Waals surface area (Å²) in [6.07, 6.45) is 10.8. The molecular formula is C65H79NOPt. The first-order valence-electron chi connectivity index (χ1n) is 23.4. The first-order valence-corrected chi connectivity index (χ1v) is 23.4. The van der Waals surface area contributed by atoms with Crippen LogP contribution in [-0.4, -0.2) is 10.1 Å². The van der Waals surface area contributed by atoms with Crippen molar-refractivity contribution in [3.05, 3.63) is 198 Å². The molecule has 68 heavy (non-hydrogen) atoms. The number of pyridine rings is 1. The van der Waals surface area contributed by atoms with Crippen LogP contribution in [0.15, 0.2) is 140 Å². The summed E-state index contributed by atoms with van der Waals surface area (Å²) in [5.74, 6) is 0.480. The maximum atomic E-state index is 10.3. The third-order valence-electron chi connectivity index (χ3n) is 12.2. The van der Waals surface area contributed by atoms with Gasteiger partial charge < -0.3 is 12.5 Å². The van der Waals surface area contributed by atoms with E-state index in [1.54, 1.807) is 0 Å². The van der Waals surface area contributed by atoms with E-state index in [1.165, 1.54) is 61.2 Å². The molecule has 0 aliphatic carbocycles. The fourth-order valence-electron chi connectivity index (χ4n) is 7.70. The Balaban J connectivity index is 0.000000361. The summed E-state index contributed by atoms with van der Waals surface area (Å²) in [4.78, 5) is 4.70. The van der Waals surface area contributed by atoms with Gasteiger partial charge >= 0.3 is 21.1 Å². The molecule has 7 rings (SSSR count). The van der Waals surface area contributed by atoms with Gasteiger partial charge in [0.25, 0.3) is 0 Å². The van der Waals surface area contributed by atoms with E-state index in [2.05, 4.69) is 257 Å². The van der Waals surface area contributed by atoms with Crippen molar-refractivity contribution in [1.82, 2.24) is 4.98 Å². The second-order valence-corrected chi connectivity index (χ2v) is 21.5. The third-order valence-corrected chi connectivity index (χ3v) is 12.2. The van der Waals surface area contributed by atoms with Crippen molar-refractivity contribution in [2.75, 3.05) is 0 Å². The molecule has 0 fully saturated rings. The smallest absolute Gasteiger partial charge is 0.507 e. The number of aromatic nitrogens is 1. The van der Waals surface area contributed by atoms with E-state index in [4.69, 9.17) is 4.98 Å². The Morgan fingerprint density at radius 1 is 0.500 bits per heavy atom. The van der Waals surface area contributed by atoms with E-state index in [-0.39, 0.29) is 50.2 Å². The number of nitrogens with zero attached hydrogens (tertiary/aromatic N) is 1. The molecule has 360 valence electrons. The zero-order chi connectivity index (χ0) is 49.2. The van der Waals surface area contributed by atoms with Gasteiger partial charge in [0.1, 0.15) is 5.75 Å². The van der Waals surface area contributed by atoms with E-state index >= 15 is 0 Å². The summed E-state index contributed by atoms with van der Waals surface area (Å²) in [6.45, 7) is 35.2. The molecule has 1 aromatic heterocycles. The standard InChI is InChI=1S/C29H28N.C17H20.C16H26O.C2H2.CH3.Pt/c1-20-10-9-13-27(21(20)2)24-16-25(18-26(17-24)29(3,4)5)28-19-23(14-15-30-28)22-11-7-6-8-12-22;1-13-10-11-15(17(2,3)4)12-16(13)14-8-6-5-7-9-14;1-8-11-9-12(15(2,3)4)10-13(14(11)17)16(5,6)7;1-2;;/h6-15,17-19H,1-5H3;5-12H,1-4H3;9-10,17H,8H2,1-7H3;1-2H;1H3;/q-1;;;;-1;+2. The van der Waals surface area contributed by atoms with Crippen LogP contribution in [0.1, 0.15) is 135 Å². The molecule has 1 N–H and O–H groups in total. The van der Waals surface area contributed by atoms with Crippen molar-refractivity contribution in [2.24, 2.45) is 0 Å². The number of aromatic hydroxyl groups is 1. The molecule has 0 aliphatic heterocycles. The summed E-state index contributed by atoms with van der Waals surface area (Å²) in [5, 5.41) is 10.3. The van der Waals surface area contributed by atoms with Crippen LogP contribution in [0.5, 0.6) is 5.75 Å². The van der Waals surface area contributed by atoms with Gasteiger partial charge in [-0.05, 0) is 105 Å². The van der Waals surface area contributed by atoms with Gasteiger partial charge in [-0.2, -0.15) is 0 Å². The van der Waals surface area contributed by atoms with Crippen LogP contribution in [0.25, 0.3) is 44.6 Å². The fourth-order valence-corrected chi connectivity index (χ4v) is 7.70. The Morgan fingerprint density at radius 2 is 1.03 bits per heavy atom. The fraction of sp³-hybridized carbons (Fsp3) is 0.323. The molecule has 0 bridgehead atoms. The number of hydrogen-bond donors (Lipinski definition) is 1. The Kier molecular flexibility index (Phi) is 21.3. The minimum atomic E-state index is -0.0186. The average Bonchev–Trinajstić information content (AvgIpc) is 3.27. The first-order chi connectivity index (χ1) is 30.9. The summed E-state index contributed by atoms with van der Waals surface area (Å²) in [6, 6.07) is 51.1. The van der Waals surface area contributed by atoms with Crippen molar-refractivity contribution in [3.8, 4) is 63.2 Å². The average molecular weight is 1090 g/mol. The molecule has 1 heterocycles. The van der Waals surface area contributed by atoms with Crippen molar-refractivity contribution >= 4 is 0 Å². The van der Waals surface area contributed by atoms with Gasteiger partial charge in [0.05, 0.1) is 0 Å². The van der Waals surface area contributed by atoms with Gasteiger partial charge in [-0.3, -0.25) is 4.98 Å². The van der Waals surface area contributed by atoms with Gasteiger partial charge in [0.15, 0.2) is 0 Å². The van der Waals surface area contributed by atoms with E-state index in [0.717, 1.165) is 34.4 Å². The number of phenols is 1. The zero-order valence-electron chi connectivity index (χ0n) is 44.4. The van der Waals surface area contributed by atoms with E-state index in [0.29, 0.717) is 5.75 Å². The molecule has 0 atom stereocenters. The Hall–Kier alpha value is -5.48. The summed E-state index contributed by atoms with van der Waals surface area (Å²) < 4.78 is 0. The molecule has 6 aromatic carbocycles. The Labute approximate surface area is 428 Å². The normalized spacial score (nSPS) is 11.2. The summed E-state index contributed by atoms with van der Waals surface area (Å²) in [7, 11) is 0. The number of terminal acetylenes is 1. The van der Waals surface area contributed by atoms with Crippen LogP contribution in [0.4, 0.5) is 0 Å². The largest absolute Gasteiger partial charge is 2.00 e. The second-order valence-electron chi connectivity index (χ2n) is 21.5. The van der Waals surface area contributed by atoms with Gasteiger partial charge in [0.2, 0.25) is 0 Å². The van der Waals surface area contributed by atoms with Crippen LogP contribution < -0.4 is 0 Å². The first kappa shape index (κ1) is 58.6. The van der Waals surface area contributed by atoms with Crippen molar-refractivity contribution in [2.45, 2.75) is 139 Å². The quantitative estimate of drug-likeness (QED) is 0.138. The van der Waals surface area contributed by atoms with E-state index < -0.39 is 0 Å². The SMILES string of the molecule is C#C.CCc1cc(C(C)(C)C)cc(C(C)(C)C)c1O.Cc1ccc(C(C)(C)C)cc1-c1ccccc1.Cc1cccc(-c2[c-]c(-c3cc(-c4ccccc4)ccn3)cc(C(C)(C)C)c2)c1C.[CH3-].[Pt+2]. The van der Waals surface area contributed by atoms with Gasteiger partial charge in [-0.1, -0.05) is 228 Å². The molecule has 0 amide bonds. The van der Waals surface area contributed by atoms with Crippen molar-refractivity contribution in [1.29, 1.82) is 0 Å². The molecular weight excluding hydrogens is 1010 g/mol. The van der Waals surface area contributed by atoms with E-state index in [1.807, 2.05) is 12.3 Å². The van der Waals surface area contributed by atoms with Gasteiger partial charge in [-0.15, -0.1) is 42.2 Å². The third kappa shape index (κ3) is 15.5. The van der Waals surface area contributed by atoms with E-state index in [9.17, 15) is 5.11 Å². The molecule has 0 unspecified atom stereocenters. The maximum absolute atomic E-state index is 10.3. The molecule has 3 heteroatoms. The maximum Gasteiger partial charge on any atom is 2.00 e. The van der Waals surface area contributed by atoms with Crippen molar-refractivity contribution < 1.29 is 26.2 Å². The molecule has 0 spiro atoms. The molecule has 0 saturated carbocycles. The number of aryl methyl sites for hydroxylation is 3. The molecule has 0 radical (unpaired) electrons. The van der Waals surface area contributed by atoms with Crippen LogP contribution in [0.2, 0.25) is 0 Å². The number of rotatable bonds is 5. The molecule has 7 aromatic rings. The van der Waals surface area contributed by atoms with Crippen molar-refractivity contribution in [3.63, 3.8) is 0 Å². The molecule has 2 nitrogen and oxygen atoms in total. The topological polar surface area (TPSA) is 33.1 Å². The van der Waals surface area contributed by atoms with Gasteiger partial charge in [0, 0.05) is 11.9 Å². The minimum absolute atomic E-state index is 0. The Bertz CT molecular complexity index is 2700. The minimum Gasteiger partial charge on any atom is -0.507 e. The predicted molar refractivity (Wildman–Crippen MR) is 294 cm³/mol. The number of benzene rings is 6. The number of phenolic OH excluding ortho intramolecular Hbond substituents is 1. The monoisotopic (exact) mass is 1080 g/mol. The second kappa shape index (κ2) is 24.7. The zero-order valence-corrected chi connectivity index (χ0v) is 46.6. The Morgan fingerprint density at radius 3 is 1.56 bits per heavy atom.